The maximum Gasteiger partial charge on any atom is 0.240 e. The first-order chi connectivity index (χ1) is 8.28. The molecule has 86 valence electrons. The van der Waals surface area contributed by atoms with Gasteiger partial charge in [-0.05, 0) is 19.1 Å². The molecule has 0 amide bonds. The molecule has 0 spiro atoms. The maximum absolute atomic E-state index is 5.37. The number of nitrogens with one attached hydrogen (secondary N) is 1. The van der Waals surface area contributed by atoms with Gasteiger partial charge >= 0.3 is 0 Å². The molecule has 0 bridgehead atoms. The van der Waals surface area contributed by atoms with Gasteiger partial charge in [-0.2, -0.15) is 10.1 Å². The van der Waals surface area contributed by atoms with Crippen molar-refractivity contribution in [2.75, 3.05) is 5.43 Å². The molecule has 3 aromatic rings. The molecule has 0 aliphatic heterocycles. The third kappa shape index (κ3) is 1.65. The predicted molar refractivity (Wildman–Crippen MR) is 67.1 cm³/mol. The van der Waals surface area contributed by atoms with Crippen LogP contribution in [0.1, 0.15) is 4.88 Å². The third-order valence-electron chi connectivity index (χ3n) is 2.35. The zero-order chi connectivity index (χ0) is 11.8. The number of hydrogen-bond acceptors (Lipinski definition) is 6. The smallest absolute Gasteiger partial charge is 0.240 e. The lowest BCUT2D eigenvalue weighted by atomic mass is 10.3. The lowest BCUT2D eigenvalue weighted by Gasteiger charge is -2.04. The van der Waals surface area contributed by atoms with E-state index in [0.717, 1.165) is 16.0 Å². The second-order valence-electron chi connectivity index (χ2n) is 3.54. The topological polar surface area (TPSA) is 81.7 Å². The molecular weight excluding hydrogens is 236 g/mol. The van der Waals surface area contributed by atoms with E-state index < -0.39 is 0 Å². The summed E-state index contributed by atoms with van der Waals surface area (Å²) in [6, 6.07) is 3.90. The molecule has 0 aliphatic carbocycles. The maximum atomic E-state index is 5.37. The monoisotopic (exact) mass is 246 g/mol. The fraction of sp³-hybridized carbons (Fsp3) is 0.100. The number of fused-ring (bicyclic) bond motifs is 1. The predicted octanol–water partition coefficient (Wildman–Crippen LogP) is 1.47. The molecule has 7 heteroatoms. The van der Waals surface area contributed by atoms with E-state index in [1.165, 1.54) is 4.88 Å². The Kier molecular flexibility index (Phi) is 2.27. The molecule has 0 saturated heterocycles. The highest BCUT2D eigenvalue weighted by Gasteiger charge is 2.11. The van der Waals surface area contributed by atoms with Crippen molar-refractivity contribution in [3.63, 3.8) is 0 Å². The van der Waals surface area contributed by atoms with Crippen LogP contribution in [0.2, 0.25) is 0 Å². The van der Waals surface area contributed by atoms with Crippen LogP contribution in [-0.2, 0) is 0 Å². The summed E-state index contributed by atoms with van der Waals surface area (Å²) in [5, 5.41) is 5.17. The van der Waals surface area contributed by atoms with Crippen molar-refractivity contribution in [2.45, 2.75) is 6.92 Å². The quantitative estimate of drug-likeness (QED) is 0.528. The zero-order valence-corrected chi connectivity index (χ0v) is 9.90. The number of nitrogens with zero attached hydrogens (tertiary/aromatic N) is 4. The molecule has 0 aliphatic rings. The van der Waals surface area contributed by atoms with E-state index in [9.17, 15) is 0 Å². The number of nitrogen functional groups attached to an aromatic ring is 1. The Hall–Kier alpha value is -1.99. The zero-order valence-electron chi connectivity index (χ0n) is 9.08. The lowest BCUT2D eigenvalue weighted by molar-refractivity contribution is 0.852. The van der Waals surface area contributed by atoms with E-state index >= 15 is 0 Å². The summed E-state index contributed by atoms with van der Waals surface area (Å²) >= 11 is 1.61. The average molecular weight is 246 g/mol. The minimum Gasteiger partial charge on any atom is -0.292 e. The van der Waals surface area contributed by atoms with Gasteiger partial charge in [0.25, 0.3) is 0 Å². The Morgan fingerprint density at radius 2 is 2.29 bits per heavy atom. The molecule has 3 N–H and O–H groups in total. The minimum absolute atomic E-state index is 0.393. The van der Waals surface area contributed by atoms with Crippen molar-refractivity contribution in [3.05, 3.63) is 29.4 Å². The number of thiophene rings is 1. The molecule has 0 atom stereocenters. The van der Waals surface area contributed by atoms with E-state index in [2.05, 4.69) is 26.6 Å². The van der Waals surface area contributed by atoms with Crippen LogP contribution >= 0.6 is 11.3 Å². The first-order valence-corrected chi connectivity index (χ1v) is 5.84. The van der Waals surface area contributed by atoms with E-state index in [1.54, 1.807) is 22.2 Å². The fourth-order valence-electron chi connectivity index (χ4n) is 1.66. The molecule has 3 aromatic heterocycles. The molecule has 17 heavy (non-hydrogen) atoms. The van der Waals surface area contributed by atoms with Crippen LogP contribution in [0, 0.1) is 6.92 Å². The van der Waals surface area contributed by atoms with Crippen LogP contribution in [-0.4, -0.2) is 19.7 Å². The van der Waals surface area contributed by atoms with E-state index in [1.807, 2.05) is 19.2 Å². The Balaban J connectivity index is 2.34. The summed E-state index contributed by atoms with van der Waals surface area (Å²) in [5.74, 6) is 6.50. The number of rotatable bonds is 2. The second-order valence-corrected chi connectivity index (χ2v) is 4.78. The van der Waals surface area contributed by atoms with Crippen molar-refractivity contribution in [1.82, 2.24) is 19.7 Å². The van der Waals surface area contributed by atoms with Gasteiger partial charge in [0.2, 0.25) is 5.95 Å². The number of nitrogens with two attached hydrogens (primary N) is 1. The van der Waals surface area contributed by atoms with E-state index in [0.29, 0.717) is 5.95 Å². The van der Waals surface area contributed by atoms with Gasteiger partial charge in [-0.1, -0.05) is 0 Å². The number of aryl methyl sites for hydroxylation is 1. The van der Waals surface area contributed by atoms with Gasteiger partial charge in [-0.3, -0.25) is 5.43 Å². The van der Waals surface area contributed by atoms with Crippen LogP contribution in [0.4, 0.5) is 5.95 Å². The van der Waals surface area contributed by atoms with Gasteiger partial charge in [0, 0.05) is 17.3 Å². The Morgan fingerprint density at radius 3 is 3.00 bits per heavy atom. The normalized spacial score (nSPS) is 10.9. The Morgan fingerprint density at radius 1 is 1.41 bits per heavy atom. The van der Waals surface area contributed by atoms with Crippen LogP contribution in [0.15, 0.2) is 24.5 Å². The van der Waals surface area contributed by atoms with Gasteiger partial charge in [0.05, 0.1) is 5.39 Å². The van der Waals surface area contributed by atoms with Gasteiger partial charge < -0.3 is 0 Å². The highest BCUT2D eigenvalue weighted by atomic mass is 32.1. The first-order valence-electron chi connectivity index (χ1n) is 5.03. The van der Waals surface area contributed by atoms with Crippen molar-refractivity contribution in [3.8, 4) is 5.82 Å². The van der Waals surface area contributed by atoms with Crippen molar-refractivity contribution < 1.29 is 0 Å². The highest BCUT2D eigenvalue weighted by Crippen LogP contribution is 2.28. The lowest BCUT2D eigenvalue weighted by Crippen LogP contribution is -2.12. The molecule has 6 nitrogen and oxygen atoms in total. The standard InChI is InChI=1S/C10H10N6S/c1-6-5-7-8(16-4-2-3-12-16)13-10(15-11)14-9(7)17-6/h2-5H,11H2,1H3,(H,13,14,15). The average Bonchev–Trinajstić information content (AvgIpc) is 2.94. The van der Waals surface area contributed by atoms with Crippen LogP contribution in [0.5, 0.6) is 0 Å². The van der Waals surface area contributed by atoms with Crippen molar-refractivity contribution >= 4 is 27.5 Å². The molecule has 0 fully saturated rings. The second kappa shape index (κ2) is 3.79. The highest BCUT2D eigenvalue weighted by molar-refractivity contribution is 7.18. The summed E-state index contributed by atoms with van der Waals surface area (Å²) in [7, 11) is 0. The summed E-state index contributed by atoms with van der Waals surface area (Å²) in [5.41, 5.74) is 2.47. The fourth-order valence-corrected chi connectivity index (χ4v) is 2.53. The van der Waals surface area contributed by atoms with Crippen LogP contribution in [0.25, 0.3) is 16.0 Å². The Labute approximate surface area is 101 Å². The summed E-state index contributed by atoms with van der Waals surface area (Å²) in [6.07, 6.45) is 3.55. The number of hydrogen-bond donors (Lipinski definition) is 2. The van der Waals surface area contributed by atoms with Gasteiger partial charge in [0.1, 0.15) is 4.83 Å². The summed E-state index contributed by atoms with van der Waals surface area (Å²) in [6.45, 7) is 2.04. The van der Waals surface area contributed by atoms with Gasteiger partial charge in [-0.25, -0.2) is 15.5 Å². The number of aromatic nitrogens is 4. The summed E-state index contributed by atoms with van der Waals surface area (Å²) < 4.78 is 1.71. The third-order valence-corrected chi connectivity index (χ3v) is 3.29. The van der Waals surface area contributed by atoms with Crippen LogP contribution in [0.3, 0.4) is 0 Å². The molecule has 0 aromatic carbocycles. The Bertz CT molecular complexity index is 657. The molecule has 0 saturated carbocycles. The molecule has 3 rings (SSSR count). The molecule has 3 heterocycles. The van der Waals surface area contributed by atoms with Crippen molar-refractivity contribution in [1.29, 1.82) is 0 Å². The first kappa shape index (κ1) is 10.2. The number of anilines is 1. The minimum atomic E-state index is 0.393. The number of hydrazine groups is 1. The molecule has 0 radical (unpaired) electrons. The van der Waals surface area contributed by atoms with Crippen molar-refractivity contribution in [2.24, 2.45) is 5.84 Å². The largest absolute Gasteiger partial charge is 0.292 e. The van der Waals surface area contributed by atoms with E-state index in [-0.39, 0.29) is 0 Å². The summed E-state index contributed by atoms with van der Waals surface area (Å²) in [4.78, 5) is 10.7. The molecule has 0 unspecified atom stereocenters. The SMILES string of the molecule is Cc1cc2c(-n3cccn3)nc(NN)nc2s1. The van der Waals surface area contributed by atoms with Crippen LogP contribution < -0.4 is 11.3 Å². The van der Waals surface area contributed by atoms with E-state index in [4.69, 9.17) is 5.84 Å². The van der Waals surface area contributed by atoms with Gasteiger partial charge in [0.15, 0.2) is 5.82 Å². The van der Waals surface area contributed by atoms with Gasteiger partial charge in [-0.15, -0.1) is 11.3 Å². The molecular formula is C10H10N6S.